The van der Waals surface area contributed by atoms with Gasteiger partial charge in [0.2, 0.25) is 5.91 Å². The standard InChI is InChI=1S/C14H17N3O3S2/c1-8(21-14-17-16-9(2)22-14)13(18)15-10-5-6-11(19-3)12(7-10)20-4/h5-8H,1-4H3,(H,15,18)/t8-/m0/s1. The van der Waals surface area contributed by atoms with Crippen LogP contribution in [0, 0.1) is 6.92 Å². The highest BCUT2D eigenvalue weighted by molar-refractivity contribution is 8.02. The van der Waals surface area contributed by atoms with Crippen molar-refractivity contribution in [3.05, 3.63) is 23.2 Å². The molecule has 1 atom stereocenters. The van der Waals surface area contributed by atoms with Crippen molar-refractivity contribution in [2.75, 3.05) is 19.5 Å². The minimum absolute atomic E-state index is 0.106. The highest BCUT2D eigenvalue weighted by Crippen LogP contribution is 2.31. The lowest BCUT2D eigenvalue weighted by molar-refractivity contribution is -0.115. The van der Waals surface area contributed by atoms with Crippen molar-refractivity contribution in [2.24, 2.45) is 0 Å². The summed E-state index contributed by atoms with van der Waals surface area (Å²) in [5.74, 6) is 1.08. The van der Waals surface area contributed by atoms with Gasteiger partial charge in [-0.05, 0) is 26.0 Å². The molecule has 0 radical (unpaired) electrons. The van der Waals surface area contributed by atoms with Crippen molar-refractivity contribution in [3.63, 3.8) is 0 Å². The average molecular weight is 339 g/mol. The normalized spacial score (nSPS) is 11.8. The van der Waals surface area contributed by atoms with Crippen molar-refractivity contribution in [1.82, 2.24) is 10.2 Å². The molecule has 0 spiro atoms. The first kappa shape index (κ1) is 16.6. The molecule has 0 aliphatic heterocycles. The Morgan fingerprint density at radius 1 is 1.27 bits per heavy atom. The molecule has 0 aliphatic carbocycles. The lowest BCUT2D eigenvalue weighted by atomic mass is 10.2. The molecule has 0 fully saturated rings. The van der Waals surface area contributed by atoms with Crippen LogP contribution < -0.4 is 14.8 Å². The number of anilines is 1. The molecular formula is C14H17N3O3S2. The minimum atomic E-state index is -0.277. The predicted molar refractivity (Wildman–Crippen MR) is 88.1 cm³/mol. The number of carbonyl (C=O) groups is 1. The number of methoxy groups -OCH3 is 2. The Kier molecular flexibility index (Phi) is 5.62. The largest absolute Gasteiger partial charge is 0.493 e. The zero-order chi connectivity index (χ0) is 16.1. The van der Waals surface area contributed by atoms with Crippen molar-refractivity contribution < 1.29 is 14.3 Å². The number of aromatic nitrogens is 2. The molecule has 1 amide bonds. The Labute approximate surface area is 137 Å². The van der Waals surface area contributed by atoms with E-state index in [0.29, 0.717) is 17.2 Å². The first-order valence-electron chi connectivity index (χ1n) is 6.53. The number of nitrogens with zero attached hydrogens (tertiary/aromatic N) is 2. The van der Waals surface area contributed by atoms with Crippen molar-refractivity contribution >= 4 is 34.7 Å². The van der Waals surface area contributed by atoms with Crippen LogP contribution in [-0.2, 0) is 4.79 Å². The summed E-state index contributed by atoms with van der Waals surface area (Å²) in [4.78, 5) is 12.2. The van der Waals surface area contributed by atoms with Gasteiger partial charge in [-0.2, -0.15) is 0 Å². The van der Waals surface area contributed by atoms with Crippen LogP contribution in [0.25, 0.3) is 0 Å². The summed E-state index contributed by atoms with van der Waals surface area (Å²) in [6.45, 7) is 3.72. The summed E-state index contributed by atoms with van der Waals surface area (Å²) < 4.78 is 11.2. The summed E-state index contributed by atoms with van der Waals surface area (Å²) in [7, 11) is 3.12. The quantitative estimate of drug-likeness (QED) is 0.816. The lowest BCUT2D eigenvalue weighted by Crippen LogP contribution is -2.22. The number of rotatable bonds is 6. The molecule has 1 N–H and O–H groups in total. The van der Waals surface area contributed by atoms with Gasteiger partial charge in [-0.25, -0.2) is 0 Å². The fourth-order valence-corrected chi connectivity index (χ4v) is 3.65. The Hall–Kier alpha value is -1.80. The molecule has 8 heteroatoms. The summed E-state index contributed by atoms with van der Waals surface area (Å²) in [6.07, 6.45) is 0. The average Bonchev–Trinajstić information content (AvgIpc) is 2.92. The number of carbonyl (C=O) groups excluding carboxylic acids is 1. The van der Waals surface area contributed by atoms with E-state index in [1.807, 2.05) is 13.8 Å². The number of thioether (sulfide) groups is 1. The van der Waals surface area contributed by atoms with E-state index in [4.69, 9.17) is 9.47 Å². The fraction of sp³-hybridized carbons (Fsp3) is 0.357. The number of ether oxygens (including phenoxy) is 2. The Morgan fingerprint density at radius 3 is 2.59 bits per heavy atom. The Morgan fingerprint density at radius 2 is 2.00 bits per heavy atom. The zero-order valence-electron chi connectivity index (χ0n) is 12.7. The molecule has 0 bridgehead atoms. The van der Waals surface area contributed by atoms with Crippen LogP contribution in [0.2, 0.25) is 0 Å². The second kappa shape index (κ2) is 7.46. The molecular weight excluding hydrogens is 322 g/mol. The topological polar surface area (TPSA) is 73.3 Å². The SMILES string of the molecule is COc1ccc(NC(=O)[C@H](C)Sc2nnc(C)s2)cc1OC. The van der Waals surface area contributed by atoms with Crippen molar-refractivity contribution in [3.8, 4) is 11.5 Å². The van der Waals surface area contributed by atoms with Gasteiger partial charge < -0.3 is 14.8 Å². The van der Waals surface area contributed by atoms with Gasteiger partial charge in [-0.1, -0.05) is 23.1 Å². The van der Waals surface area contributed by atoms with E-state index in [1.165, 1.54) is 23.1 Å². The minimum Gasteiger partial charge on any atom is -0.493 e. The van der Waals surface area contributed by atoms with Gasteiger partial charge in [0.15, 0.2) is 15.8 Å². The molecule has 6 nitrogen and oxygen atoms in total. The van der Waals surface area contributed by atoms with Crippen LogP contribution in [0.5, 0.6) is 11.5 Å². The van der Waals surface area contributed by atoms with E-state index in [-0.39, 0.29) is 11.2 Å². The third-order valence-corrected chi connectivity index (χ3v) is 4.83. The second-order valence-electron chi connectivity index (χ2n) is 4.41. The number of amides is 1. The number of nitrogens with one attached hydrogen (secondary N) is 1. The molecule has 0 aliphatic rings. The van der Waals surface area contributed by atoms with Crippen molar-refractivity contribution in [1.29, 1.82) is 0 Å². The Bertz CT molecular complexity index is 661. The molecule has 1 aromatic carbocycles. The van der Waals surface area contributed by atoms with Crippen LogP contribution in [0.1, 0.15) is 11.9 Å². The first-order valence-corrected chi connectivity index (χ1v) is 8.22. The summed E-state index contributed by atoms with van der Waals surface area (Å²) in [6, 6.07) is 5.25. The van der Waals surface area contributed by atoms with Crippen LogP contribution in [0.4, 0.5) is 5.69 Å². The summed E-state index contributed by atoms with van der Waals surface area (Å²) in [5.41, 5.74) is 0.656. The van der Waals surface area contributed by atoms with Crippen LogP contribution >= 0.6 is 23.1 Å². The summed E-state index contributed by atoms with van der Waals surface area (Å²) >= 11 is 2.86. The molecule has 2 aromatic rings. The maximum Gasteiger partial charge on any atom is 0.237 e. The van der Waals surface area contributed by atoms with Gasteiger partial charge >= 0.3 is 0 Å². The van der Waals surface area contributed by atoms with E-state index >= 15 is 0 Å². The second-order valence-corrected chi connectivity index (χ2v) is 7.18. The van der Waals surface area contributed by atoms with Crippen LogP contribution in [-0.4, -0.2) is 35.6 Å². The molecule has 0 unspecified atom stereocenters. The van der Waals surface area contributed by atoms with Crippen molar-refractivity contribution in [2.45, 2.75) is 23.4 Å². The van der Waals surface area contributed by atoms with Crippen LogP contribution in [0.15, 0.2) is 22.5 Å². The zero-order valence-corrected chi connectivity index (χ0v) is 14.4. The van der Waals surface area contributed by atoms with Gasteiger partial charge in [-0.15, -0.1) is 10.2 Å². The Balaban J connectivity index is 2.01. The van der Waals surface area contributed by atoms with E-state index in [2.05, 4.69) is 15.5 Å². The van der Waals surface area contributed by atoms with Gasteiger partial charge in [-0.3, -0.25) is 4.79 Å². The van der Waals surface area contributed by atoms with E-state index < -0.39 is 0 Å². The third-order valence-electron chi connectivity index (χ3n) is 2.81. The van der Waals surface area contributed by atoms with Gasteiger partial charge in [0, 0.05) is 11.8 Å². The molecule has 0 saturated carbocycles. The fourth-order valence-electron chi connectivity index (χ4n) is 1.69. The maximum atomic E-state index is 12.2. The van der Waals surface area contributed by atoms with Crippen LogP contribution in [0.3, 0.4) is 0 Å². The number of benzene rings is 1. The molecule has 1 heterocycles. The van der Waals surface area contributed by atoms with E-state index in [9.17, 15) is 4.79 Å². The molecule has 22 heavy (non-hydrogen) atoms. The molecule has 1 aromatic heterocycles. The number of hydrogen-bond acceptors (Lipinski definition) is 7. The number of hydrogen-bond donors (Lipinski definition) is 1. The van der Waals surface area contributed by atoms with E-state index in [0.717, 1.165) is 9.35 Å². The molecule has 118 valence electrons. The number of aryl methyl sites for hydroxylation is 1. The smallest absolute Gasteiger partial charge is 0.237 e. The molecule has 2 rings (SSSR count). The monoisotopic (exact) mass is 339 g/mol. The highest BCUT2D eigenvalue weighted by Gasteiger charge is 2.17. The first-order chi connectivity index (χ1) is 10.5. The van der Waals surface area contributed by atoms with Gasteiger partial charge in [0.1, 0.15) is 5.01 Å². The highest BCUT2D eigenvalue weighted by atomic mass is 32.2. The van der Waals surface area contributed by atoms with E-state index in [1.54, 1.807) is 32.4 Å². The third kappa shape index (κ3) is 4.11. The predicted octanol–water partition coefficient (Wildman–Crippen LogP) is 2.98. The lowest BCUT2D eigenvalue weighted by Gasteiger charge is -2.13. The van der Waals surface area contributed by atoms with Gasteiger partial charge in [0.05, 0.1) is 19.5 Å². The van der Waals surface area contributed by atoms with Gasteiger partial charge in [0.25, 0.3) is 0 Å². The maximum absolute atomic E-state index is 12.2. The summed E-state index contributed by atoms with van der Waals surface area (Å²) in [5, 5.41) is 11.4. The molecule has 0 saturated heterocycles.